The minimum Gasteiger partial charge on any atom is -0.319 e. The second-order valence-corrected chi connectivity index (χ2v) is 3.97. The molecule has 1 N–H and O–H groups in total. The van der Waals surface area contributed by atoms with Crippen LogP contribution in [-0.4, -0.2) is 9.38 Å². The maximum Gasteiger partial charge on any atom is 0.272 e. The molecule has 0 fully saturated rings. The molecule has 0 aliphatic carbocycles. The number of H-pyrrole nitrogens is 1. The molecule has 84 valence electrons. The molecule has 0 amide bonds. The van der Waals surface area contributed by atoms with Gasteiger partial charge >= 0.3 is 0 Å². The lowest BCUT2D eigenvalue weighted by atomic mass is 10.1. The van der Waals surface area contributed by atoms with Gasteiger partial charge in [-0.1, -0.05) is 19.4 Å². The standard InChI is InChI=1S/C13H16N2O/c1-3-4-6-10(2)11-9-15-8-5-7-12(15)13(16)14-11/h5-9H,3-4H2,1-2H3,(H,14,16)/b10-6+. The zero-order valence-electron chi connectivity index (χ0n) is 9.66. The summed E-state index contributed by atoms with van der Waals surface area (Å²) in [7, 11) is 0. The van der Waals surface area contributed by atoms with Crippen LogP contribution in [-0.2, 0) is 0 Å². The van der Waals surface area contributed by atoms with E-state index in [2.05, 4.69) is 18.0 Å². The number of fused-ring (bicyclic) bond motifs is 1. The summed E-state index contributed by atoms with van der Waals surface area (Å²) in [6.07, 6.45) is 8.16. The van der Waals surface area contributed by atoms with Crippen LogP contribution in [0, 0.1) is 0 Å². The summed E-state index contributed by atoms with van der Waals surface area (Å²) in [6, 6.07) is 3.69. The minimum absolute atomic E-state index is 0.0354. The SMILES string of the molecule is CCC/C=C(\C)c1cn2cccc2c(=O)[nH]1. The first-order chi connectivity index (χ1) is 7.72. The van der Waals surface area contributed by atoms with Gasteiger partial charge in [0, 0.05) is 12.4 Å². The first-order valence-electron chi connectivity index (χ1n) is 5.59. The first kappa shape index (κ1) is 10.7. The highest BCUT2D eigenvalue weighted by Crippen LogP contribution is 2.11. The van der Waals surface area contributed by atoms with Gasteiger partial charge in [0.05, 0.1) is 5.69 Å². The molecule has 0 unspecified atom stereocenters. The fraction of sp³-hybridized carbons (Fsp3) is 0.308. The highest BCUT2D eigenvalue weighted by atomic mass is 16.1. The topological polar surface area (TPSA) is 37.3 Å². The fourth-order valence-corrected chi connectivity index (χ4v) is 1.73. The average Bonchev–Trinajstić information content (AvgIpc) is 2.74. The Hall–Kier alpha value is -1.77. The van der Waals surface area contributed by atoms with E-state index < -0.39 is 0 Å². The largest absolute Gasteiger partial charge is 0.319 e. The van der Waals surface area contributed by atoms with Crippen molar-refractivity contribution in [1.82, 2.24) is 9.38 Å². The maximum atomic E-state index is 11.7. The number of allylic oxidation sites excluding steroid dienone is 2. The summed E-state index contributed by atoms with van der Waals surface area (Å²) < 4.78 is 1.86. The van der Waals surface area contributed by atoms with Gasteiger partial charge < -0.3 is 9.38 Å². The lowest BCUT2D eigenvalue weighted by molar-refractivity contribution is 0.956. The summed E-state index contributed by atoms with van der Waals surface area (Å²) in [5.41, 5.74) is 2.66. The Morgan fingerprint density at radius 2 is 2.38 bits per heavy atom. The monoisotopic (exact) mass is 216 g/mol. The number of unbranched alkanes of at least 4 members (excludes halogenated alkanes) is 1. The van der Waals surface area contributed by atoms with Crippen LogP contribution in [0.1, 0.15) is 32.4 Å². The van der Waals surface area contributed by atoms with Crippen LogP contribution in [0.15, 0.2) is 35.4 Å². The Bertz CT molecular complexity index is 575. The fourth-order valence-electron chi connectivity index (χ4n) is 1.73. The van der Waals surface area contributed by atoms with Crippen molar-refractivity contribution in [2.24, 2.45) is 0 Å². The van der Waals surface area contributed by atoms with Crippen LogP contribution >= 0.6 is 0 Å². The van der Waals surface area contributed by atoms with E-state index in [1.807, 2.05) is 35.9 Å². The number of hydrogen-bond acceptors (Lipinski definition) is 1. The third kappa shape index (κ3) is 1.94. The number of aromatic amines is 1. The summed E-state index contributed by atoms with van der Waals surface area (Å²) in [5.74, 6) is 0. The Morgan fingerprint density at radius 1 is 1.56 bits per heavy atom. The smallest absolute Gasteiger partial charge is 0.272 e. The van der Waals surface area contributed by atoms with Crippen molar-refractivity contribution in [2.45, 2.75) is 26.7 Å². The van der Waals surface area contributed by atoms with Crippen LogP contribution in [0.2, 0.25) is 0 Å². The molecule has 3 heteroatoms. The molecule has 0 aromatic carbocycles. The van der Waals surface area contributed by atoms with E-state index in [0.717, 1.165) is 24.1 Å². The molecular formula is C13H16N2O. The average molecular weight is 216 g/mol. The number of rotatable bonds is 3. The molecule has 0 bridgehead atoms. The predicted molar refractivity (Wildman–Crippen MR) is 66.6 cm³/mol. The molecule has 0 spiro atoms. The van der Waals surface area contributed by atoms with E-state index >= 15 is 0 Å². The Labute approximate surface area is 94.4 Å². The highest BCUT2D eigenvalue weighted by Gasteiger charge is 2.02. The summed E-state index contributed by atoms with van der Waals surface area (Å²) in [5, 5.41) is 0. The van der Waals surface area contributed by atoms with Gasteiger partial charge in [-0.2, -0.15) is 0 Å². The Balaban J connectivity index is 2.49. The van der Waals surface area contributed by atoms with Gasteiger partial charge in [-0.15, -0.1) is 0 Å². The van der Waals surface area contributed by atoms with Crippen molar-refractivity contribution in [1.29, 1.82) is 0 Å². The number of nitrogens with one attached hydrogen (secondary N) is 1. The minimum atomic E-state index is -0.0354. The summed E-state index contributed by atoms with van der Waals surface area (Å²) in [6.45, 7) is 4.16. The van der Waals surface area contributed by atoms with Crippen LogP contribution in [0.4, 0.5) is 0 Å². The molecule has 2 rings (SSSR count). The third-order valence-electron chi connectivity index (χ3n) is 2.69. The molecule has 0 aliphatic rings. The zero-order chi connectivity index (χ0) is 11.5. The summed E-state index contributed by atoms with van der Waals surface area (Å²) in [4.78, 5) is 14.6. The van der Waals surface area contributed by atoms with Gasteiger partial charge in [-0.05, 0) is 31.1 Å². The maximum absolute atomic E-state index is 11.7. The van der Waals surface area contributed by atoms with Gasteiger partial charge in [0.1, 0.15) is 5.52 Å². The number of nitrogens with zero attached hydrogens (tertiary/aromatic N) is 1. The second kappa shape index (κ2) is 4.39. The molecule has 2 aromatic rings. The van der Waals surface area contributed by atoms with E-state index in [0.29, 0.717) is 5.52 Å². The van der Waals surface area contributed by atoms with E-state index in [9.17, 15) is 4.79 Å². The van der Waals surface area contributed by atoms with Crippen LogP contribution < -0.4 is 5.56 Å². The predicted octanol–water partition coefficient (Wildman–Crippen LogP) is 2.83. The van der Waals surface area contributed by atoms with Crippen LogP contribution in [0.3, 0.4) is 0 Å². The van der Waals surface area contributed by atoms with Crippen molar-refractivity contribution >= 4 is 11.1 Å². The molecular weight excluding hydrogens is 200 g/mol. The molecule has 0 atom stereocenters. The van der Waals surface area contributed by atoms with Gasteiger partial charge in [0.2, 0.25) is 0 Å². The lowest BCUT2D eigenvalue weighted by Crippen LogP contribution is -2.11. The van der Waals surface area contributed by atoms with Crippen LogP contribution in [0.5, 0.6) is 0 Å². The van der Waals surface area contributed by atoms with Gasteiger partial charge in [0.25, 0.3) is 5.56 Å². The Kier molecular flexibility index (Phi) is 2.95. The normalized spacial score (nSPS) is 12.2. The van der Waals surface area contributed by atoms with Crippen molar-refractivity contribution in [3.63, 3.8) is 0 Å². The molecule has 3 nitrogen and oxygen atoms in total. The molecule has 16 heavy (non-hydrogen) atoms. The van der Waals surface area contributed by atoms with E-state index in [1.165, 1.54) is 0 Å². The van der Waals surface area contributed by atoms with Crippen molar-refractivity contribution in [3.8, 4) is 0 Å². The molecule has 0 saturated heterocycles. The first-order valence-corrected chi connectivity index (χ1v) is 5.59. The molecule has 2 heterocycles. The van der Waals surface area contributed by atoms with Crippen molar-refractivity contribution in [3.05, 3.63) is 46.7 Å². The number of aromatic nitrogens is 2. The zero-order valence-corrected chi connectivity index (χ0v) is 9.66. The van der Waals surface area contributed by atoms with Gasteiger partial charge in [-0.3, -0.25) is 4.79 Å². The lowest BCUT2D eigenvalue weighted by Gasteiger charge is -2.03. The van der Waals surface area contributed by atoms with Crippen LogP contribution in [0.25, 0.3) is 11.1 Å². The molecule has 0 radical (unpaired) electrons. The van der Waals surface area contributed by atoms with Crippen molar-refractivity contribution in [2.75, 3.05) is 0 Å². The van der Waals surface area contributed by atoms with Crippen molar-refractivity contribution < 1.29 is 0 Å². The summed E-state index contributed by atoms with van der Waals surface area (Å²) >= 11 is 0. The Morgan fingerprint density at radius 3 is 3.12 bits per heavy atom. The van der Waals surface area contributed by atoms with E-state index in [4.69, 9.17) is 0 Å². The number of hydrogen-bond donors (Lipinski definition) is 1. The molecule has 2 aromatic heterocycles. The van der Waals surface area contributed by atoms with Gasteiger partial charge in [-0.25, -0.2) is 0 Å². The third-order valence-corrected chi connectivity index (χ3v) is 2.69. The second-order valence-electron chi connectivity index (χ2n) is 3.97. The van der Waals surface area contributed by atoms with Gasteiger partial charge in [0.15, 0.2) is 0 Å². The quantitative estimate of drug-likeness (QED) is 0.841. The van der Waals surface area contributed by atoms with E-state index in [-0.39, 0.29) is 5.56 Å². The molecule has 0 saturated carbocycles. The van der Waals surface area contributed by atoms with E-state index in [1.54, 1.807) is 0 Å². The molecule has 0 aliphatic heterocycles. The highest BCUT2D eigenvalue weighted by molar-refractivity contribution is 5.61.